The molecule has 0 saturated carbocycles. The molecule has 6 heteroatoms. The maximum absolute atomic E-state index is 10.9. The van der Waals surface area contributed by atoms with Crippen LogP contribution in [0.2, 0.25) is 0 Å². The van der Waals surface area contributed by atoms with Crippen molar-refractivity contribution < 1.29 is 24.5 Å². The summed E-state index contributed by atoms with van der Waals surface area (Å²) in [5.41, 5.74) is -0.401. The highest BCUT2D eigenvalue weighted by Crippen LogP contribution is 2.24. The van der Waals surface area contributed by atoms with Crippen LogP contribution in [0.3, 0.4) is 0 Å². The molecule has 1 amide bonds. The van der Waals surface area contributed by atoms with Crippen LogP contribution in [0.1, 0.15) is 27.2 Å². The first-order valence-electron chi connectivity index (χ1n) is 5.11. The lowest BCUT2D eigenvalue weighted by Crippen LogP contribution is -2.39. The Hall–Kier alpha value is -1.30. The SMILES string of the molecule is CC(C)(C)O[C@H]1C[C@H](C(=O)O)N(C(=O)O)C1. The number of carbonyl (C=O) groups is 2. The summed E-state index contributed by atoms with van der Waals surface area (Å²) in [4.78, 5) is 22.6. The predicted molar refractivity (Wildman–Crippen MR) is 55.4 cm³/mol. The zero-order chi connectivity index (χ0) is 12.5. The first-order valence-corrected chi connectivity index (χ1v) is 5.11. The van der Waals surface area contributed by atoms with Crippen LogP contribution in [-0.2, 0) is 9.53 Å². The van der Waals surface area contributed by atoms with Gasteiger partial charge in [0.2, 0.25) is 0 Å². The largest absolute Gasteiger partial charge is 0.480 e. The van der Waals surface area contributed by atoms with Gasteiger partial charge in [0.25, 0.3) is 0 Å². The summed E-state index contributed by atoms with van der Waals surface area (Å²) in [5, 5.41) is 17.7. The number of hydrogen-bond acceptors (Lipinski definition) is 3. The molecule has 1 heterocycles. The van der Waals surface area contributed by atoms with E-state index < -0.39 is 23.7 Å². The van der Waals surface area contributed by atoms with E-state index in [1.165, 1.54) is 0 Å². The molecular formula is C10H17NO5. The van der Waals surface area contributed by atoms with Crippen LogP contribution in [0, 0.1) is 0 Å². The predicted octanol–water partition coefficient (Wildman–Crippen LogP) is 1.01. The number of ether oxygens (including phenoxy) is 1. The van der Waals surface area contributed by atoms with Gasteiger partial charge >= 0.3 is 12.1 Å². The molecule has 1 fully saturated rings. The van der Waals surface area contributed by atoms with Crippen molar-refractivity contribution in [3.8, 4) is 0 Å². The van der Waals surface area contributed by atoms with Crippen LogP contribution in [0.5, 0.6) is 0 Å². The minimum absolute atomic E-state index is 0.115. The molecule has 0 aromatic carbocycles. The van der Waals surface area contributed by atoms with Crippen LogP contribution in [0.4, 0.5) is 4.79 Å². The van der Waals surface area contributed by atoms with Crippen molar-refractivity contribution >= 4 is 12.1 Å². The maximum Gasteiger partial charge on any atom is 0.408 e. The Morgan fingerprint density at radius 3 is 2.19 bits per heavy atom. The fraction of sp³-hybridized carbons (Fsp3) is 0.800. The molecule has 0 unspecified atom stereocenters. The second-order valence-electron chi connectivity index (χ2n) is 4.88. The van der Waals surface area contributed by atoms with E-state index in [1.54, 1.807) is 0 Å². The molecule has 0 spiro atoms. The molecule has 1 aliphatic heterocycles. The molecule has 0 radical (unpaired) electrons. The summed E-state index contributed by atoms with van der Waals surface area (Å²) in [6.45, 7) is 5.67. The van der Waals surface area contributed by atoms with Crippen molar-refractivity contribution in [3.05, 3.63) is 0 Å². The van der Waals surface area contributed by atoms with Crippen molar-refractivity contribution in [1.29, 1.82) is 0 Å². The summed E-state index contributed by atoms with van der Waals surface area (Å²) in [5.74, 6) is -1.12. The Labute approximate surface area is 93.8 Å². The number of aliphatic carboxylic acids is 1. The third-order valence-corrected chi connectivity index (χ3v) is 2.31. The van der Waals surface area contributed by atoms with Gasteiger partial charge in [0.05, 0.1) is 18.2 Å². The molecule has 0 aromatic rings. The standard InChI is InChI=1S/C10H17NO5/c1-10(2,3)16-6-4-7(8(12)13)11(5-6)9(14)15/h6-7H,4-5H2,1-3H3,(H,12,13)(H,14,15)/t6-,7+/m0/s1. The maximum atomic E-state index is 10.9. The van der Waals surface area contributed by atoms with Gasteiger partial charge in [-0.25, -0.2) is 9.59 Å². The molecule has 0 aliphatic carbocycles. The second-order valence-corrected chi connectivity index (χ2v) is 4.88. The molecule has 1 aliphatic rings. The first kappa shape index (κ1) is 12.8. The van der Waals surface area contributed by atoms with E-state index in [0.717, 1.165) is 4.90 Å². The van der Waals surface area contributed by atoms with E-state index in [2.05, 4.69) is 0 Å². The Balaban J connectivity index is 2.69. The van der Waals surface area contributed by atoms with Crippen molar-refractivity contribution in [2.75, 3.05) is 6.54 Å². The Kier molecular flexibility index (Phi) is 3.42. The van der Waals surface area contributed by atoms with Crippen molar-refractivity contribution in [1.82, 2.24) is 4.90 Å². The van der Waals surface area contributed by atoms with Crippen molar-refractivity contribution in [3.63, 3.8) is 0 Å². The fourth-order valence-corrected chi connectivity index (χ4v) is 1.83. The first-order chi connectivity index (χ1) is 7.20. The van der Waals surface area contributed by atoms with E-state index in [-0.39, 0.29) is 19.1 Å². The number of carboxylic acid groups (broad SMARTS) is 2. The highest BCUT2D eigenvalue weighted by Gasteiger charge is 2.41. The normalized spacial score (nSPS) is 25.8. The Morgan fingerprint density at radius 2 is 1.88 bits per heavy atom. The van der Waals surface area contributed by atoms with Crippen LogP contribution >= 0.6 is 0 Å². The third kappa shape index (κ3) is 3.10. The minimum atomic E-state index is -1.22. The van der Waals surface area contributed by atoms with Crippen molar-refractivity contribution in [2.24, 2.45) is 0 Å². The van der Waals surface area contributed by atoms with E-state index in [9.17, 15) is 9.59 Å². The number of carboxylic acids is 1. The van der Waals surface area contributed by atoms with Crippen LogP contribution in [0.15, 0.2) is 0 Å². The Bertz CT molecular complexity index is 274. The van der Waals surface area contributed by atoms with Gasteiger partial charge in [0, 0.05) is 6.42 Å². The van der Waals surface area contributed by atoms with Gasteiger partial charge in [-0.3, -0.25) is 4.90 Å². The Morgan fingerprint density at radius 1 is 1.31 bits per heavy atom. The van der Waals surface area contributed by atoms with Gasteiger partial charge in [0.1, 0.15) is 6.04 Å². The topological polar surface area (TPSA) is 87.1 Å². The van der Waals surface area contributed by atoms with Gasteiger partial charge < -0.3 is 14.9 Å². The molecule has 16 heavy (non-hydrogen) atoms. The lowest BCUT2D eigenvalue weighted by Gasteiger charge is -2.24. The molecule has 0 bridgehead atoms. The summed E-state index contributed by atoms with van der Waals surface area (Å²) in [7, 11) is 0. The van der Waals surface area contributed by atoms with E-state index in [1.807, 2.05) is 20.8 Å². The molecule has 0 aromatic heterocycles. The zero-order valence-electron chi connectivity index (χ0n) is 9.64. The number of hydrogen-bond donors (Lipinski definition) is 2. The number of likely N-dealkylation sites (tertiary alicyclic amines) is 1. The lowest BCUT2D eigenvalue weighted by molar-refractivity contribution is -0.141. The summed E-state index contributed by atoms with van der Waals surface area (Å²) in [6.07, 6.45) is -1.36. The zero-order valence-corrected chi connectivity index (χ0v) is 9.64. The average Bonchev–Trinajstić information content (AvgIpc) is 2.44. The summed E-state index contributed by atoms with van der Waals surface area (Å²) in [6, 6.07) is -0.996. The number of nitrogens with zero attached hydrogens (tertiary/aromatic N) is 1. The van der Waals surface area contributed by atoms with Crippen LogP contribution in [-0.4, -0.2) is 51.5 Å². The molecule has 2 N–H and O–H groups in total. The van der Waals surface area contributed by atoms with Gasteiger partial charge in [-0.1, -0.05) is 0 Å². The molecular weight excluding hydrogens is 214 g/mol. The van der Waals surface area contributed by atoms with Gasteiger partial charge in [-0.15, -0.1) is 0 Å². The quantitative estimate of drug-likeness (QED) is 0.740. The van der Waals surface area contributed by atoms with Crippen molar-refractivity contribution in [2.45, 2.75) is 44.9 Å². The molecule has 2 atom stereocenters. The molecule has 6 nitrogen and oxygen atoms in total. The van der Waals surface area contributed by atoms with Gasteiger partial charge in [0.15, 0.2) is 0 Å². The minimum Gasteiger partial charge on any atom is -0.480 e. The van der Waals surface area contributed by atoms with Gasteiger partial charge in [-0.05, 0) is 20.8 Å². The number of rotatable bonds is 2. The molecule has 1 saturated heterocycles. The monoisotopic (exact) mass is 231 g/mol. The highest BCUT2D eigenvalue weighted by atomic mass is 16.5. The average molecular weight is 231 g/mol. The van der Waals surface area contributed by atoms with Crippen LogP contribution < -0.4 is 0 Å². The van der Waals surface area contributed by atoms with E-state index >= 15 is 0 Å². The van der Waals surface area contributed by atoms with E-state index in [0.29, 0.717) is 0 Å². The highest BCUT2D eigenvalue weighted by molar-refractivity contribution is 5.80. The van der Waals surface area contributed by atoms with Gasteiger partial charge in [-0.2, -0.15) is 0 Å². The molecule has 1 rings (SSSR count). The fourth-order valence-electron chi connectivity index (χ4n) is 1.83. The summed E-state index contributed by atoms with van der Waals surface area (Å²) >= 11 is 0. The summed E-state index contributed by atoms with van der Waals surface area (Å²) < 4.78 is 5.59. The third-order valence-electron chi connectivity index (χ3n) is 2.31. The van der Waals surface area contributed by atoms with Crippen LogP contribution in [0.25, 0.3) is 0 Å². The number of amides is 1. The molecule has 92 valence electrons. The smallest absolute Gasteiger partial charge is 0.408 e. The second kappa shape index (κ2) is 4.29. The lowest BCUT2D eigenvalue weighted by atomic mass is 10.1. The van der Waals surface area contributed by atoms with E-state index in [4.69, 9.17) is 14.9 Å².